The van der Waals surface area contributed by atoms with Gasteiger partial charge in [-0.1, -0.05) is 17.7 Å². The van der Waals surface area contributed by atoms with Crippen molar-refractivity contribution in [2.24, 2.45) is 0 Å². The molecular weight excluding hydrogens is 379 g/mol. The summed E-state index contributed by atoms with van der Waals surface area (Å²) in [6, 6.07) is 11.5. The van der Waals surface area contributed by atoms with Crippen molar-refractivity contribution in [3.8, 4) is 0 Å². The predicted octanol–water partition coefficient (Wildman–Crippen LogP) is 4.83. The average molecular weight is 391 g/mol. The van der Waals surface area contributed by atoms with Crippen molar-refractivity contribution in [1.82, 2.24) is 4.98 Å². The molecule has 3 rings (SSSR count). The van der Waals surface area contributed by atoms with Crippen LogP contribution in [0.3, 0.4) is 0 Å². The van der Waals surface area contributed by atoms with E-state index in [1.165, 1.54) is 29.6 Å². The number of hydrogen-bond donors (Lipinski definition) is 3. The van der Waals surface area contributed by atoms with E-state index < -0.39 is 17.8 Å². The van der Waals surface area contributed by atoms with Crippen LogP contribution in [0.5, 0.6) is 0 Å². The van der Waals surface area contributed by atoms with Gasteiger partial charge in [0.2, 0.25) is 0 Å². The molecule has 1 heterocycles. The highest BCUT2D eigenvalue weighted by Gasteiger charge is 2.13. The molecule has 6 nitrogen and oxygen atoms in total. The zero-order chi connectivity index (χ0) is 18.5. The van der Waals surface area contributed by atoms with Crippen LogP contribution in [-0.2, 0) is 0 Å². The molecule has 2 aromatic carbocycles. The van der Waals surface area contributed by atoms with Crippen LogP contribution in [0.2, 0.25) is 5.02 Å². The van der Waals surface area contributed by atoms with Crippen LogP contribution >= 0.6 is 22.9 Å². The lowest BCUT2D eigenvalue weighted by Crippen LogP contribution is -2.19. The van der Waals surface area contributed by atoms with Crippen LogP contribution in [-0.4, -0.2) is 16.9 Å². The Kier molecular flexibility index (Phi) is 5.45. The maximum Gasteiger partial charge on any atom is 0.325 e. The third-order valence-corrected chi connectivity index (χ3v) is 4.13. The minimum absolute atomic E-state index is 0.159. The molecule has 0 aliphatic heterocycles. The van der Waals surface area contributed by atoms with E-state index in [-0.39, 0.29) is 10.8 Å². The number of carbonyl (C=O) groups is 2. The van der Waals surface area contributed by atoms with E-state index in [1.807, 2.05) is 0 Å². The number of carbonyl (C=O) groups excluding carboxylic acids is 2. The largest absolute Gasteiger partial charge is 0.325 e. The molecule has 132 valence electrons. The van der Waals surface area contributed by atoms with Gasteiger partial charge in [-0.2, -0.15) is 0 Å². The zero-order valence-corrected chi connectivity index (χ0v) is 14.7. The van der Waals surface area contributed by atoms with Gasteiger partial charge in [0.25, 0.3) is 5.91 Å². The normalized spacial score (nSPS) is 10.2. The van der Waals surface area contributed by atoms with Crippen LogP contribution in [0.4, 0.5) is 25.7 Å². The number of anilines is 3. The molecule has 0 unspecified atom stereocenters. The second-order valence-corrected chi connectivity index (χ2v) is 6.38. The van der Waals surface area contributed by atoms with Gasteiger partial charge >= 0.3 is 6.03 Å². The second kappa shape index (κ2) is 7.94. The van der Waals surface area contributed by atoms with E-state index in [4.69, 9.17) is 11.6 Å². The Bertz CT molecular complexity index is 946. The molecule has 0 aliphatic carbocycles. The van der Waals surface area contributed by atoms with Crippen LogP contribution < -0.4 is 16.0 Å². The highest BCUT2D eigenvalue weighted by molar-refractivity contribution is 7.14. The molecule has 26 heavy (non-hydrogen) atoms. The smallest absolute Gasteiger partial charge is 0.321 e. The first-order valence-corrected chi connectivity index (χ1v) is 8.61. The average Bonchev–Trinajstić information content (AvgIpc) is 3.05. The Morgan fingerprint density at radius 3 is 2.50 bits per heavy atom. The standard InChI is InChI=1S/C17H12ClFN4O2S/c18-10-2-1-3-13(8-10)20-15(24)14-9-26-17(22-14)23-16(25)21-12-6-4-11(19)5-7-12/h1-9H,(H,20,24)(H2,21,22,23,25). The zero-order valence-electron chi connectivity index (χ0n) is 13.1. The topological polar surface area (TPSA) is 83.1 Å². The van der Waals surface area contributed by atoms with Crippen molar-refractivity contribution in [1.29, 1.82) is 0 Å². The Morgan fingerprint density at radius 1 is 1.00 bits per heavy atom. The highest BCUT2D eigenvalue weighted by Crippen LogP contribution is 2.19. The van der Waals surface area contributed by atoms with Gasteiger partial charge in [-0.25, -0.2) is 14.2 Å². The van der Waals surface area contributed by atoms with Crippen LogP contribution in [0.1, 0.15) is 10.5 Å². The van der Waals surface area contributed by atoms with Crippen molar-refractivity contribution < 1.29 is 14.0 Å². The fourth-order valence-electron chi connectivity index (χ4n) is 1.99. The summed E-state index contributed by atoms with van der Waals surface area (Å²) in [6.07, 6.45) is 0. The Hall–Kier alpha value is -2.97. The van der Waals surface area contributed by atoms with Crippen LogP contribution in [0.15, 0.2) is 53.9 Å². The maximum absolute atomic E-state index is 12.8. The summed E-state index contributed by atoms with van der Waals surface area (Å²) in [6.45, 7) is 0. The van der Waals surface area contributed by atoms with Crippen molar-refractivity contribution in [3.63, 3.8) is 0 Å². The molecule has 0 saturated carbocycles. The third-order valence-electron chi connectivity index (χ3n) is 3.14. The number of nitrogens with zero attached hydrogens (tertiary/aromatic N) is 1. The molecule has 0 bridgehead atoms. The lowest BCUT2D eigenvalue weighted by atomic mass is 10.3. The van der Waals surface area contributed by atoms with Crippen molar-refractivity contribution in [2.75, 3.05) is 16.0 Å². The van der Waals surface area contributed by atoms with Gasteiger partial charge in [0.1, 0.15) is 11.5 Å². The molecule has 0 aliphatic rings. The summed E-state index contributed by atoms with van der Waals surface area (Å²) in [5.74, 6) is -0.818. The van der Waals surface area contributed by atoms with Gasteiger partial charge in [-0.3, -0.25) is 10.1 Å². The van der Waals surface area contributed by atoms with Crippen molar-refractivity contribution in [3.05, 3.63) is 70.4 Å². The summed E-state index contributed by atoms with van der Waals surface area (Å²) in [5, 5.41) is 9.99. The molecule has 0 saturated heterocycles. The fourth-order valence-corrected chi connectivity index (χ4v) is 2.87. The first kappa shape index (κ1) is 17.8. The van der Waals surface area contributed by atoms with Gasteiger partial charge in [0, 0.05) is 21.8 Å². The van der Waals surface area contributed by atoms with E-state index in [0.29, 0.717) is 16.4 Å². The molecule has 1 aromatic heterocycles. The predicted molar refractivity (Wildman–Crippen MR) is 101 cm³/mol. The maximum atomic E-state index is 12.8. The minimum Gasteiger partial charge on any atom is -0.321 e. The van der Waals surface area contributed by atoms with E-state index in [0.717, 1.165) is 11.3 Å². The monoisotopic (exact) mass is 390 g/mol. The molecule has 0 spiro atoms. The van der Waals surface area contributed by atoms with Crippen molar-refractivity contribution in [2.45, 2.75) is 0 Å². The molecule has 0 radical (unpaired) electrons. The fraction of sp³-hybridized carbons (Fsp3) is 0. The van der Waals surface area contributed by atoms with Crippen molar-refractivity contribution >= 4 is 51.4 Å². The number of benzene rings is 2. The summed E-state index contributed by atoms with van der Waals surface area (Å²) in [4.78, 5) is 28.1. The molecule has 3 aromatic rings. The summed E-state index contributed by atoms with van der Waals surface area (Å²) < 4.78 is 12.8. The Balaban J connectivity index is 1.59. The lowest BCUT2D eigenvalue weighted by molar-refractivity contribution is 0.102. The summed E-state index contributed by atoms with van der Waals surface area (Å²) in [5.41, 5.74) is 1.13. The van der Waals surface area contributed by atoms with Crippen LogP contribution in [0.25, 0.3) is 0 Å². The van der Waals surface area contributed by atoms with Gasteiger partial charge in [0.05, 0.1) is 0 Å². The number of amides is 3. The number of nitrogens with one attached hydrogen (secondary N) is 3. The lowest BCUT2D eigenvalue weighted by Gasteiger charge is -2.05. The van der Waals surface area contributed by atoms with E-state index in [9.17, 15) is 14.0 Å². The first-order chi connectivity index (χ1) is 12.5. The van der Waals surface area contributed by atoms with Gasteiger partial charge < -0.3 is 10.6 Å². The number of halogens is 2. The van der Waals surface area contributed by atoms with Crippen LogP contribution in [0, 0.1) is 5.82 Å². The van der Waals surface area contributed by atoms with Gasteiger partial charge in [-0.05, 0) is 42.5 Å². The summed E-state index contributed by atoms with van der Waals surface area (Å²) in [7, 11) is 0. The Labute approximate surface area is 157 Å². The Morgan fingerprint density at radius 2 is 1.77 bits per heavy atom. The first-order valence-electron chi connectivity index (χ1n) is 7.35. The minimum atomic E-state index is -0.548. The number of thiazole rings is 1. The third kappa shape index (κ3) is 4.78. The van der Waals surface area contributed by atoms with E-state index in [1.54, 1.807) is 24.3 Å². The molecule has 9 heteroatoms. The highest BCUT2D eigenvalue weighted by atomic mass is 35.5. The SMILES string of the molecule is O=C(Nc1ccc(F)cc1)Nc1nc(C(=O)Nc2cccc(Cl)c2)cs1. The van der Waals surface area contributed by atoms with E-state index >= 15 is 0 Å². The molecule has 3 amide bonds. The van der Waals surface area contributed by atoms with Gasteiger partial charge in [0.15, 0.2) is 5.13 Å². The number of hydrogen-bond acceptors (Lipinski definition) is 4. The molecular formula is C17H12ClFN4O2S. The number of urea groups is 1. The van der Waals surface area contributed by atoms with Gasteiger partial charge in [-0.15, -0.1) is 11.3 Å². The molecule has 0 fully saturated rings. The van der Waals surface area contributed by atoms with E-state index in [2.05, 4.69) is 20.9 Å². The molecule has 0 atom stereocenters. The number of rotatable bonds is 4. The second-order valence-electron chi connectivity index (χ2n) is 5.09. The quantitative estimate of drug-likeness (QED) is 0.596. The summed E-state index contributed by atoms with van der Waals surface area (Å²) >= 11 is 6.97. The number of aromatic nitrogens is 1. The molecule has 3 N–H and O–H groups in total.